The molecule has 1 aromatic heterocycles. The van der Waals surface area contributed by atoms with Crippen molar-refractivity contribution in [1.82, 2.24) is 0 Å². The number of rotatable bonds is 1. The second-order valence-corrected chi connectivity index (χ2v) is 4.04. The molecule has 0 aliphatic carbocycles. The highest BCUT2D eigenvalue weighted by molar-refractivity contribution is 6.39. The fraction of sp³-hybridized carbons (Fsp3) is 0.0909. The van der Waals surface area contributed by atoms with E-state index < -0.39 is 16.8 Å². The summed E-state index contributed by atoms with van der Waals surface area (Å²) in [4.78, 5) is 0. The molecular weight excluding hydrogens is 276 g/mol. The van der Waals surface area contributed by atoms with E-state index in [4.69, 9.17) is 27.6 Å². The van der Waals surface area contributed by atoms with Gasteiger partial charge in [-0.25, -0.2) is 0 Å². The third-order valence-electron chi connectivity index (χ3n) is 2.16. The quantitative estimate of drug-likeness (QED) is 0.693. The van der Waals surface area contributed by atoms with Gasteiger partial charge in [0, 0.05) is 0 Å². The van der Waals surface area contributed by atoms with Crippen LogP contribution in [0.5, 0.6) is 0 Å². The van der Waals surface area contributed by atoms with Gasteiger partial charge in [0.1, 0.15) is 5.76 Å². The van der Waals surface area contributed by atoms with E-state index in [0.717, 1.165) is 12.1 Å². The lowest BCUT2D eigenvalue weighted by atomic mass is 10.1. The molecule has 0 aliphatic rings. The van der Waals surface area contributed by atoms with Crippen molar-refractivity contribution in [2.24, 2.45) is 0 Å². The summed E-state index contributed by atoms with van der Waals surface area (Å²) in [6, 6.07) is 5.03. The summed E-state index contributed by atoms with van der Waals surface area (Å²) in [7, 11) is 0. The number of alkyl halides is 3. The van der Waals surface area contributed by atoms with Crippen LogP contribution in [0.15, 0.2) is 34.9 Å². The second kappa shape index (κ2) is 4.27. The third kappa shape index (κ3) is 2.28. The van der Waals surface area contributed by atoms with Gasteiger partial charge in [0.2, 0.25) is 0 Å². The van der Waals surface area contributed by atoms with Gasteiger partial charge in [-0.1, -0.05) is 23.2 Å². The summed E-state index contributed by atoms with van der Waals surface area (Å²) < 4.78 is 42.9. The van der Waals surface area contributed by atoms with Crippen molar-refractivity contribution < 1.29 is 17.6 Å². The van der Waals surface area contributed by atoms with Gasteiger partial charge in [0.05, 0.1) is 27.4 Å². The minimum atomic E-state index is -4.52. The smallest absolute Gasteiger partial charge is 0.417 e. The Morgan fingerprint density at radius 2 is 1.76 bits per heavy atom. The van der Waals surface area contributed by atoms with Gasteiger partial charge in [-0.3, -0.25) is 0 Å². The Kier molecular flexibility index (Phi) is 3.10. The Bertz CT molecular complexity index is 532. The first-order valence-electron chi connectivity index (χ1n) is 4.50. The van der Waals surface area contributed by atoms with Crippen molar-refractivity contribution >= 4 is 23.2 Å². The number of halogens is 5. The average molecular weight is 281 g/mol. The van der Waals surface area contributed by atoms with E-state index in [0.29, 0.717) is 0 Å². The minimum absolute atomic E-state index is 0.0492. The van der Waals surface area contributed by atoms with Crippen LogP contribution >= 0.6 is 23.2 Å². The first kappa shape index (κ1) is 12.3. The minimum Gasteiger partial charge on any atom is -0.464 e. The highest BCUT2D eigenvalue weighted by Gasteiger charge is 2.35. The van der Waals surface area contributed by atoms with Gasteiger partial charge in [-0.2, -0.15) is 13.2 Å². The number of furan rings is 1. The number of benzene rings is 1. The molecule has 2 aromatic rings. The molecule has 6 heteroatoms. The van der Waals surface area contributed by atoms with Crippen LogP contribution in [0, 0.1) is 0 Å². The van der Waals surface area contributed by atoms with Crippen molar-refractivity contribution in [2.45, 2.75) is 6.18 Å². The van der Waals surface area contributed by atoms with Gasteiger partial charge in [0.15, 0.2) is 0 Å². The lowest BCUT2D eigenvalue weighted by Crippen LogP contribution is -2.06. The van der Waals surface area contributed by atoms with Gasteiger partial charge in [0.25, 0.3) is 0 Å². The second-order valence-electron chi connectivity index (χ2n) is 3.26. The van der Waals surface area contributed by atoms with E-state index in [1.165, 1.54) is 12.3 Å². The molecule has 0 fully saturated rings. The molecule has 0 atom stereocenters. The molecule has 1 aromatic carbocycles. The van der Waals surface area contributed by atoms with Crippen molar-refractivity contribution in [3.8, 4) is 11.3 Å². The van der Waals surface area contributed by atoms with Crippen molar-refractivity contribution in [3.05, 3.63) is 46.1 Å². The Hall–Kier alpha value is -1.13. The highest BCUT2D eigenvalue weighted by atomic mass is 35.5. The molecule has 0 N–H and O–H groups in total. The van der Waals surface area contributed by atoms with Crippen molar-refractivity contribution in [2.75, 3.05) is 0 Å². The molecule has 0 aliphatic heterocycles. The van der Waals surface area contributed by atoms with Crippen LogP contribution in [0.25, 0.3) is 11.3 Å². The predicted octanol–water partition coefficient (Wildman–Crippen LogP) is 5.27. The molecular formula is C11H5Cl2F3O. The van der Waals surface area contributed by atoms with Gasteiger partial charge < -0.3 is 4.42 Å². The Morgan fingerprint density at radius 3 is 2.29 bits per heavy atom. The zero-order valence-corrected chi connectivity index (χ0v) is 9.70. The molecule has 1 nitrogen and oxygen atoms in total. The van der Waals surface area contributed by atoms with Crippen LogP contribution in [0.2, 0.25) is 10.0 Å². The molecule has 0 saturated carbocycles. The maximum atomic E-state index is 12.6. The number of hydrogen-bond acceptors (Lipinski definition) is 1. The first-order chi connectivity index (χ1) is 7.91. The van der Waals surface area contributed by atoms with E-state index in [9.17, 15) is 13.2 Å². The monoisotopic (exact) mass is 280 g/mol. The average Bonchev–Trinajstić information content (AvgIpc) is 2.68. The van der Waals surface area contributed by atoms with Gasteiger partial charge in [-0.15, -0.1) is 0 Å². The van der Waals surface area contributed by atoms with Crippen LogP contribution in [-0.2, 0) is 6.18 Å². The highest BCUT2D eigenvalue weighted by Crippen LogP contribution is 2.43. The summed E-state index contributed by atoms with van der Waals surface area (Å²) in [5, 5.41) is -0.349. The first-order valence-corrected chi connectivity index (χ1v) is 5.26. The Balaban J connectivity index is 2.68. The normalized spacial score (nSPS) is 11.8. The molecule has 17 heavy (non-hydrogen) atoms. The zero-order valence-electron chi connectivity index (χ0n) is 8.18. The molecule has 0 spiro atoms. The molecule has 0 saturated heterocycles. The van der Waals surface area contributed by atoms with Crippen LogP contribution in [-0.4, -0.2) is 0 Å². The summed E-state index contributed by atoms with van der Waals surface area (Å²) in [6.45, 7) is 0. The topological polar surface area (TPSA) is 13.1 Å². The molecule has 0 unspecified atom stereocenters. The predicted molar refractivity (Wildman–Crippen MR) is 59.2 cm³/mol. The zero-order chi connectivity index (χ0) is 12.6. The molecule has 0 radical (unpaired) electrons. The van der Waals surface area contributed by atoms with Gasteiger partial charge >= 0.3 is 6.18 Å². The largest absolute Gasteiger partial charge is 0.464 e. The van der Waals surface area contributed by atoms with Crippen LogP contribution in [0.1, 0.15) is 5.56 Å². The fourth-order valence-corrected chi connectivity index (χ4v) is 2.08. The third-order valence-corrected chi connectivity index (χ3v) is 2.87. The molecule has 90 valence electrons. The molecule has 2 rings (SSSR count). The summed E-state index contributed by atoms with van der Waals surface area (Å²) in [5.41, 5.74) is -0.886. The number of hydrogen-bond donors (Lipinski definition) is 0. The summed E-state index contributed by atoms with van der Waals surface area (Å²) in [5.74, 6) is 0.200. The van der Waals surface area contributed by atoms with Crippen LogP contribution < -0.4 is 0 Å². The van der Waals surface area contributed by atoms with E-state index in [2.05, 4.69) is 0 Å². The standard InChI is InChI=1S/C11H5Cl2F3O/c12-7-4-3-6(11(14,15)16)10(13)9(7)8-2-1-5-17-8/h1-5H. The molecule has 0 amide bonds. The maximum absolute atomic E-state index is 12.6. The summed E-state index contributed by atoms with van der Waals surface area (Å²) in [6.07, 6.45) is -3.19. The van der Waals surface area contributed by atoms with E-state index in [1.54, 1.807) is 6.07 Å². The van der Waals surface area contributed by atoms with Crippen LogP contribution in [0.4, 0.5) is 13.2 Å². The Morgan fingerprint density at radius 1 is 1.06 bits per heavy atom. The fourth-order valence-electron chi connectivity index (χ4n) is 1.42. The molecule has 1 heterocycles. The lowest BCUT2D eigenvalue weighted by Gasteiger charge is -2.12. The Labute approximate surface area is 105 Å². The molecule has 0 bridgehead atoms. The van der Waals surface area contributed by atoms with E-state index >= 15 is 0 Å². The van der Waals surface area contributed by atoms with Crippen LogP contribution in [0.3, 0.4) is 0 Å². The lowest BCUT2D eigenvalue weighted by molar-refractivity contribution is -0.137. The van der Waals surface area contributed by atoms with E-state index in [1.807, 2.05) is 0 Å². The van der Waals surface area contributed by atoms with Gasteiger partial charge in [-0.05, 0) is 24.3 Å². The van der Waals surface area contributed by atoms with Crippen molar-refractivity contribution in [3.63, 3.8) is 0 Å². The SMILES string of the molecule is FC(F)(F)c1ccc(Cl)c(-c2ccco2)c1Cl. The van der Waals surface area contributed by atoms with E-state index in [-0.39, 0.29) is 16.3 Å². The maximum Gasteiger partial charge on any atom is 0.417 e. The summed E-state index contributed by atoms with van der Waals surface area (Å²) >= 11 is 11.6. The van der Waals surface area contributed by atoms with Crippen molar-refractivity contribution in [1.29, 1.82) is 0 Å².